The molecule has 0 aromatic heterocycles. The highest BCUT2D eigenvalue weighted by Gasteiger charge is 2.27. The Hall–Kier alpha value is -1.49. The van der Waals surface area contributed by atoms with E-state index in [0.717, 1.165) is 11.3 Å². The van der Waals surface area contributed by atoms with E-state index in [4.69, 9.17) is 4.74 Å². The average molecular weight is 251 g/mol. The van der Waals surface area contributed by atoms with Crippen LogP contribution in [0.1, 0.15) is 16.8 Å². The van der Waals surface area contributed by atoms with Crippen molar-refractivity contribution in [2.45, 2.75) is 16.6 Å². The first-order chi connectivity index (χ1) is 8.20. The summed E-state index contributed by atoms with van der Waals surface area (Å²) in [7, 11) is 1.60. The molecule has 0 radical (unpaired) electrons. The predicted molar refractivity (Wildman–Crippen MR) is 65.1 cm³/mol. The fourth-order valence-electron chi connectivity index (χ4n) is 1.58. The van der Waals surface area contributed by atoms with Crippen molar-refractivity contribution < 1.29 is 14.3 Å². The first-order valence-corrected chi connectivity index (χ1v) is 6.24. The van der Waals surface area contributed by atoms with Gasteiger partial charge in [0.2, 0.25) is 0 Å². The molecule has 1 aromatic carbocycles. The second kappa shape index (κ2) is 5.23. The van der Waals surface area contributed by atoms with Crippen molar-refractivity contribution >= 4 is 23.6 Å². The summed E-state index contributed by atoms with van der Waals surface area (Å²) in [6, 6.07) is 7.20. The fraction of sp³-hybridized carbons (Fsp3) is 0.333. The summed E-state index contributed by atoms with van der Waals surface area (Å²) in [6.45, 7) is 0.507. The van der Waals surface area contributed by atoms with Gasteiger partial charge in [-0.25, -0.2) is 0 Å². The molecular weight excluding hydrogens is 238 g/mol. The summed E-state index contributed by atoms with van der Waals surface area (Å²) in [5.74, 6) is -0.257. The number of carbonyl (C=O) groups excluding carboxylic acids is 2. The van der Waals surface area contributed by atoms with Crippen molar-refractivity contribution in [1.29, 1.82) is 0 Å². The van der Waals surface area contributed by atoms with Crippen LogP contribution in [0.2, 0.25) is 0 Å². The fourth-order valence-corrected chi connectivity index (χ4v) is 2.58. The molecule has 0 saturated carbocycles. The van der Waals surface area contributed by atoms with E-state index in [-0.39, 0.29) is 17.1 Å². The van der Waals surface area contributed by atoms with Crippen LogP contribution in [0.3, 0.4) is 0 Å². The second-order valence-electron chi connectivity index (χ2n) is 3.67. The normalized spacial score (nSPS) is 18.9. The number of hydrogen-bond donors (Lipinski definition) is 1. The Morgan fingerprint density at radius 2 is 2.12 bits per heavy atom. The van der Waals surface area contributed by atoms with Crippen molar-refractivity contribution in [2.24, 2.45) is 0 Å². The van der Waals surface area contributed by atoms with Crippen LogP contribution in [-0.2, 0) is 9.53 Å². The Balaban J connectivity index is 2.03. The number of esters is 1. The highest BCUT2D eigenvalue weighted by atomic mass is 32.2. The van der Waals surface area contributed by atoms with E-state index in [1.54, 1.807) is 19.2 Å². The van der Waals surface area contributed by atoms with Gasteiger partial charge in [0, 0.05) is 23.9 Å². The van der Waals surface area contributed by atoms with E-state index >= 15 is 0 Å². The SMILES string of the molecule is CNC(=O)c1ccc(SC2CCOC2=O)cc1. The van der Waals surface area contributed by atoms with Gasteiger partial charge in [0.1, 0.15) is 5.25 Å². The number of ether oxygens (including phenoxy) is 1. The number of nitrogens with one attached hydrogen (secondary N) is 1. The smallest absolute Gasteiger partial charge is 0.319 e. The van der Waals surface area contributed by atoms with Gasteiger partial charge < -0.3 is 10.1 Å². The van der Waals surface area contributed by atoms with Crippen LogP contribution in [0.4, 0.5) is 0 Å². The Bertz CT molecular complexity index is 430. The van der Waals surface area contributed by atoms with E-state index in [9.17, 15) is 9.59 Å². The van der Waals surface area contributed by atoms with E-state index in [1.807, 2.05) is 12.1 Å². The third kappa shape index (κ3) is 2.79. The maximum absolute atomic E-state index is 11.3. The number of benzene rings is 1. The number of carbonyl (C=O) groups is 2. The van der Waals surface area contributed by atoms with Gasteiger partial charge in [-0.05, 0) is 24.3 Å². The molecule has 90 valence electrons. The van der Waals surface area contributed by atoms with Crippen LogP contribution in [-0.4, -0.2) is 30.8 Å². The third-order valence-corrected chi connectivity index (χ3v) is 3.77. The molecule has 1 aromatic rings. The molecule has 4 nitrogen and oxygen atoms in total. The number of amides is 1. The molecule has 17 heavy (non-hydrogen) atoms. The van der Waals surface area contributed by atoms with Gasteiger partial charge in [0.25, 0.3) is 5.91 Å². The Labute approximate surface area is 104 Å². The van der Waals surface area contributed by atoms with Crippen molar-refractivity contribution in [2.75, 3.05) is 13.7 Å². The van der Waals surface area contributed by atoms with E-state index in [2.05, 4.69) is 5.32 Å². The molecule has 1 amide bonds. The van der Waals surface area contributed by atoms with E-state index < -0.39 is 0 Å². The largest absolute Gasteiger partial charge is 0.465 e. The third-order valence-electron chi connectivity index (χ3n) is 2.51. The molecule has 1 saturated heterocycles. The zero-order chi connectivity index (χ0) is 12.3. The van der Waals surface area contributed by atoms with Crippen LogP contribution in [0.5, 0.6) is 0 Å². The summed E-state index contributed by atoms with van der Waals surface area (Å²) < 4.78 is 4.89. The Morgan fingerprint density at radius 1 is 1.41 bits per heavy atom. The van der Waals surface area contributed by atoms with Gasteiger partial charge in [-0.1, -0.05) is 0 Å². The lowest BCUT2D eigenvalue weighted by molar-refractivity contribution is -0.137. The molecule has 5 heteroatoms. The van der Waals surface area contributed by atoms with Gasteiger partial charge in [0.05, 0.1) is 6.61 Å². The highest BCUT2D eigenvalue weighted by molar-refractivity contribution is 8.00. The summed E-state index contributed by atoms with van der Waals surface area (Å²) in [4.78, 5) is 23.6. The minimum absolute atomic E-state index is 0.109. The molecule has 1 aliphatic heterocycles. The van der Waals surface area contributed by atoms with Crippen LogP contribution in [0.25, 0.3) is 0 Å². The summed E-state index contributed by atoms with van der Waals surface area (Å²) >= 11 is 1.48. The average Bonchev–Trinajstić information content (AvgIpc) is 2.75. The molecule has 1 atom stereocenters. The number of hydrogen-bond acceptors (Lipinski definition) is 4. The van der Waals surface area contributed by atoms with Crippen LogP contribution in [0.15, 0.2) is 29.2 Å². The highest BCUT2D eigenvalue weighted by Crippen LogP contribution is 2.29. The molecule has 1 fully saturated rings. The van der Waals surface area contributed by atoms with Gasteiger partial charge in [0.15, 0.2) is 0 Å². The van der Waals surface area contributed by atoms with Crippen molar-refractivity contribution in [3.8, 4) is 0 Å². The van der Waals surface area contributed by atoms with Gasteiger partial charge in [-0.3, -0.25) is 9.59 Å². The van der Waals surface area contributed by atoms with Crippen molar-refractivity contribution in [1.82, 2.24) is 5.32 Å². The molecule has 0 aliphatic carbocycles. The molecule has 1 heterocycles. The number of rotatable bonds is 3. The Morgan fingerprint density at radius 3 is 2.65 bits per heavy atom. The van der Waals surface area contributed by atoms with Gasteiger partial charge in [-0.15, -0.1) is 11.8 Å². The standard InChI is InChI=1S/C12H13NO3S/c1-13-11(14)8-2-4-9(5-3-8)17-10-6-7-16-12(10)15/h2-5,10H,6-7H2,1H3,(H,13,14). The summed E-state index contributed by atoms with van der Waals surface area (Å²) in [5.41, 5.74) is 0.617. The summed E-state index contributed by atoms with van der Waals surface area (Å²) in [6.07, 6.45) is 0.751. The Kier molecular flexibility index (Phi) is 3.68. The maximum Gasteiger partial charge on any atom is 0.319 e. The van der Waals surface area contributed by atoms with E-state index in [0.29, 0.717) is 12.2 Å². The molecule has 1 N–H and O–H groups in total. The topological polar surface area (TPSA) is 55.4 Å². The van der Waals surface area contributed by atoms with Crippen molar-refractivity contribution in [3.05, 3.63) is 29.8 Å². The van der Waals surface area contributed by atoms with Crippen LogP contribution < -0.4 is 5.32 Å². The van der Waals surface area contributed by atoms with Gasteiger partial charge >= 0.3 is 5.97 Å². The second-order valence-corrected chi connectivity index (χ2v) is 4.94. The molecule has 0 bridgehead atoms. The first kappa shape index (κ1) is 12.0. The number of thioether (sulfide) groups is 1. The lowest BCUT2D eigenvalue weighted by atomic mass is 10.2. The predicted octanol–water partition coefficient (Wildman–Crippen LogP) is 1.45. The van der Waals surface area contributed by atoms with Crippen molar-refractivity contribution in [3.63, 3.8) is 0 Å². The molecule has 0 spiro atoms. The zero-order valence-corrected chi connectivity index (χ0v) is 10.3. The summed E-state index contributed by atoms with van der Waals surface area (Å²) in [5, 5.41) is 2.45. The minimum atomic E-state index is -0.148. The maximum atomic E-state index is 11.3. The minimum Gasteiger partial charge on any atom is -0.465 e. The lowest BCUT2D eigenvalue weighted by Crippen LogP contribution is -2.17. The zero-order valence-electron chi connectivity index (χ0n) is 9.43. The van der Waals surface area contributed by atoms with Gasteiger partial charge in [-0.2, -0.15) is 0 Å². The van der Waals surface area contributed by atoms with Crippen LogP contribution in [0, 0.1) is 0 Å². The molecule has 1 aliphatic rings. The first-order valence-electron chi connectivity index (χ1n) is 5.36. The lowest BCUT2D eigenvalue weighted by Gasteiger charge is -2.06. The number of cyclic esters (lactones) is 1. The quantitative estimate of drug-likeness (QED) is 0.826. The van der Waals surface area contributed by atoms with Crippen LogP contribution >= 0.6 is 11.8 Å². The monoisotopic (exact) mass is 251 g/mol. The van der Waals surface area contributed by atoms with E-state index in [1.165, 1.54) is 11.8 Å². The molecule has 2 rings (SSSR count). The molecular formula is C12H13NO3S. The molecule has 1 unspecified atom stereocenters.